The van der Waals surface area contributed by atoms with Crippen LogP contribution < -0.4 is 4.74 Å². The Morgan fingerprint density at radius 3 is 1.88 bits per heavy atom. The molecule has 0 radical (unpaired) electrons. The van der Waals surface area contributed by atoms with Gasteiger partial charge in [-0.1, -0.05) is 0 Å². The highest BCUT2D eigenvalue weighted by Gasteiger charge is 2.61. The highest BCUT2D eigenvalue weighted by molar-refractivity contribution is 5.34. The minimum atomic E-state index is -5.78. The topological polar surface area (TPSA) is 33.0 Å². The molecule has 0 fully saturated rings. The maximum Gasteiger partial charge on any atom is 0.499 e. The minimum Gasteiger partial charge on any atom is -0.426 e. The summed E-state index contributed by atoms with van der Waals surface area (Å²) < 4.78 is 63.5. The summed E-state index contributed by atoms with van der Waals surface area (Å²) in [5.41, 5.74) is 0.127. The first-order chi connectivity index (χ1) is 7.26. The van der Waals surface area contributed by atoms with Crippen LogP contribution in [0.2, 0.25) is 0 Å². The van der Waals surface area contributed by atoms with Crippen molar-refractivity contribution in [2.45, 2.75) is 12.3 Å². The molecule has 0 saturated carbocycles. The maximum absolute atomic E-state index is 12.4. The number of rotatable bonds is 2. The minimum absolute atomic E-state index is 0.127. The van der Waals surface area contributed by atoms with Gasteiger partial charge in [-0.2, -0.15) is 27.2 Å². The first kappa shape index (κ1) is 12.2. The highest BCUT2D eigenvalue weighted by Crippen LogP contribution is 2.37. The van der Waals surface area contributed by atoms with Crippen molar-refractivity contribution in [1.82, 2.24) is 0 Å². The van der Waals surface area contributed by atoms with Gasteiger partial charge in [0.2, 0.25) is 0 Å². The van der Waals surface area contributed by atoms with Crippen LogP contribution in [0.4, 0.5) is 22.0 Å². The second-order valence-corrected chi connectivity index (χ2v) is 2.75. The van der Waals surface area contributed by atoms with Crippen molar-refractivity contribution in [2.75, 3.05) is 0 Å². The zero-order chi connectivity index (χ0) is 12.4. The zero-order valence-electron chi connectivity index (χ0n) is 7.55. The van der Waals surface area contributed by atoms with Gasteiger partial charge in [0.15, 0.2) is 0 Å². The lowest BCUT2D eigenvalue weighted by Gasteiger charge is -2.19. The Labute approximate surface area is 86.9 Å². The van der Waals surface area contributed by atoms with Gasteiger partial charge in [0.1, 0.15) is 5.75 Å². The van der Waals surface area contributed by atoms with E-state index in [1.165, 1.54) is 0 Å². The van der Waals surface area contributed by atoms with Crippen LogP contribution >= 0.6 is 0 Å². The maximum atomic E-state index is 12.4. The second-order valence-electron chi connectivity index (χ2n) is 2.75. The van der Waals surface area contributed by atoms with Crippen molar-refractivity contribution >= 4 is 0 Å². The number of halogens is 5. The molecule has 16 heavy (non-hydrogen) atoms. The van der Waals surface area contributed by atoms with E-state index in [9.17, 15) is 22.0 Å². The number of benzene rings is 1. The lowest BCUT2D eigenvalue weighted by molar-refractivity contribution is -0.360. The standard InChI is InChI=1S/C9H4F5NO/c10-8(11,12)9(13,14)16-7-3-1-6(5-15)2-4-7/h1-4H. The summed E-state index contributed by atoms with van der Waals surface area (Å²) in [6, 6.07) is 5.54. The van der Waals surface area contributed by atoms with Crippen LogP contribution in [-0.2, 0) is 0 Å². The van der Waals surface area contributed by atoms with E-state index in [1.54, 1.807) is 6.07 Å². The molecule has 0 aliphatic heterocycles. The van der Waals surface area contributed by atoms with Gasteiger partial charge in [-0.15, -0.1) is 0 Å². The Morgan fingerprint density at radius 2 is 1.50 bits per heavy atom. The van der Waals surface area contributed by atoms with Gasteiger partial charge in [-0.25, -0.2) is 0 Å². The summed E-state index contributed by atoms with van der Waals surface area (Å²) in [5.74, 6) is -0.665. The number of nitrogens with zero attached hydrogens (tertiary/aromatic N) is 1. The van der Waals surface area contributed by atoms with Gasteiger partial charge in [0.25, 0.3) is 0 Å². The van der Waals surface area contributed by atoms with Crippen molar-refractivity contribution in [2.24, 2.45) is 0 Å². The Morgan fingerprint density at radius 1 is 1.00 bits per heavy atom. The third-order valence-electron chi connectivity index (χ3n) is 1.56. The van der Waals surface area contributed by atoms with Gasteiger partial charge in [-0.3, -0.25) is 0 Å². The molecule has 0 saturated heterocycles. The van der Waals surface area contributed by atoms with E-state index < -0.39 is 18.0 Å². The molecule has 7 heteroatoms. The van der Waals surface area contributed by atoms with Gasteiger partial charge in [0.05, 0.1) is 11.6 Å². The molecular weight excluding hydrogens is 233 g/mol. The summed E-state index contributed by atoms with van der Waals surface area (Å²) in [4.78, 5) is 0. The third-order valence-corrected chi connectivity index (χ3v) is 1.56. The molecule has 86 valence electrons. The summed E-state index contributed by atoms with van der Waals surface area (Å²) >= 11 is 0. The Kier molecular flexibility index (Phi) is 3.03. The molecule has 0 spiro atoms. The molecule has 0 amide bonds. The van der Waals surface area contributed by atoms with E-state index in [-0.39, 0.29) is 5.56 Å². The molecular formula is C9H4F5NO. The Bertz CT molecular complexity index is 403. The smallest absolute Gasteiger partial charge is 0.426 e. The quantitative estimate of drug-likeness (QED) is 0.740. The van der Waals surface area contributed by atoms with E-state index in [4.69, 9.17) is 5.26 Å². The molecule has 0 unspecified atom stereocenters. The molecule has 0 aromatic heterocycles. The fourth-order valence-electron chi connectivity index (χ4n) is 0.803. The molecule has 0 N–H and O–H groups in total. The molecule has 1 aromatic rings. The molecule has 0 aliphatic carbocycles. The van der Waals surface area contributed by atoms with Crippen molar-refractivity contribution in [1.29, 1.82) is 5.26 Å². The average Bonchev–Trinajstić information content (AvgIpc) is 2.16. The van der Waals surface area contributed by atoms with E-state index in [0.717, 1.165) is 24.3 Å². The molecule has 1 rings (SSSR count). The number of ether oxygens (including phenoxy) is 1. The number of hydrogen-bond acceptors (Lipinski definition) is 2. The number of hydrogen-bond donors (Lipinski definition) is 0. The summed E-state index contributed by atoms with van der Waals surface area (Å²) in [7, 11) is 0. The van der Waals surface area contributed by atoms with Gasteiger partial charge in [-0.05, 0) is 24.3 Å². The van der Waals surface area contributed by atoms with Crippen LogP contribution in [0.5, 0.6) is 5.75 Å². The van der Waals surface area contributed by atoms with E-state index in [0.29, 0.717) is 0 Å². The lowest BCUT2D eigenvalue weighted by atomic mass is 10.2. The van der Waals surface area contributed by atoms with E-state index >= 15 is 0 Å². The molecule has 0 aliphatic rings. The Hall–Kier alpha value is -1.84. The first-order valence-corrected chi connectivity index (χ1v) is 3.90. The van der Waals surface area contributed by atoms with Crippen molar-refractivity contribution in [3.8, 4) is 11.8 Å². The largest absolute Gasteiger partial charge is 0.499 e. The van der Waals surface area contributed by atoms with Gasteiger partial charge < -0.3 is 4.74 Å². The van der Waals surface area contributed by atoms with Crippen molar-refractivity contribution < 1.29 is 26.7 Å². The second kappa shape index (κ2) is 3.96. The van der Waals surface area contributed by atoms with Gasteiger partial charge >= 0.3 is 12.3 Å². The number of alkyl halides is 5. The normalized spacial score (nSPS) is 12.0. The third kappa shape index (κ3) is 2.59. The average molecular weight is 237 g/mol. The molecule has 2 nitrogen and oxygen atoms in total. The highest BCUT2D eigenvalue weighted by atomic mass is 19.4. The first-order valence-electron chi connectivity index (χ1n) is 3.90. The molecule has 0 heterocycles. The lowest BCUT2D eigenvalue weighted by Crippen LogP contribution is -2.41. The predicted octanol–water partition coefficient (Wildman–Crippen LogP) is 3.09. The zero-order valence-corrected chi connectivity index (χ0v) is 7.55. The monoisotopic (exact) mass is 237 g/mol. The van der Waals surface area contributed by atoms with Crippen LogP contribution in [0.3, 0.4) is 0 Å². The Balaban J connectivity index is 2.85. The van der Waals surface area contributed by atoms with E-state index in [2.05, 4.69) is 4.74 Å². The van der Waals surface area contributed by atoms with Crippen molar-refractivity contribution in [3.63, 3.8) is 0 Å². The van der Waals surface area contributed by atoms with Crippen LogP contribution in [0, 0.1) is 11.3 Å². The summed E-state index contributed by atoms with van der Waals surface area (Å²) in [6.07, 6.45) is -11.0. The SMILES string of the molecule is N#Cc1ccc(OC(F)(F)C(F)(F)F)cc1. The fraction of sp³-hybridized carbons (Fsp3) is 0.222. The molecule has 0 bridgehead atoms. The van der Waals surface area contributed by atoms with Crippen molar-refractivity contribution in [3.05, 3.63) is 29.8 Å². The predicted molar refractivity (Wildman–Crippen MR) is 42.8 cm³/mol. The molecule has 1 aromatic carbocycles. The summed E-state index contributed by atoms with van der Waals surface area (Å²) in [5, 5.41) is 8.37. The van der Waals surface area contributed by atoms with Crippen LogP contribution in [0.25, 0.3) is 0 Å². The molecule has 0 atom stereocenters. The van der Waals surface area contributed by atoms with Gasteiger partial charge in [0, 0.05) is 0 Å². The van der Waals surface area contributed by atoms with Crippen LogP contribution in [0.15, 0.2) is 24.3 Å². The summed E-state index contributed by atoms with van der Waals surface area (Å²) in [6.45, 7) is 0. The number of nitriles is 1. The van der Waals surface area contributed by atoms with Crippen LogP contribution in [0.1, 0.15) is 5.56 Å². The fourth-order valence-corrected chi connectivity index (χ4v) is 0.803. The van der Waals surface area contributed by atoms with Crippen LogP contribution in [-0.4, -0.2) is 12.3 Å². The van der Waals surface area contributed by atoms with E-state index in [1.807, 2.05) is 0 Å².